The number of aliphatic hydroxyl groups excluding tert-OH is 1. The normalized spacial score (nSPS) is 12.6. The van der Waals surface area contributed by atoms with Gasteiger partial charge in [0.1, 0.15) is 0 Å². The summed E-state index contributed by atoms with van der Waals surface area (Å²) in [6.07, 6.45) is 3.50. The Balaban J connectivity index is 3.65. The van der Waals surface area contributed by atoms with Crippen LogP contribution in [0.15, 0.2) is 0 Å². The quantitative estimate of drug-likeness (QED) is 0.318. The average Bonchev–Trinajstić information content (AvgIpc) is 2.29. The van der Waals surface area contributed by atoms with Crippen LogP contribution in [-0.2, 0) is 9.59 Å². The lowest BCUT2D eigenvalue weighted by Gasteiger charge is -2.12. The van der Waals surface area contributed by atoms with E-state index in [1.807, 2.05) is 0 Å². The van der Waals surface area contributed by atoms with Crippen LogP contribution in [0.5, 0.6) is 0 Å². The lowest BCUT2D eigenvalue weighted by Crippen LogP contribution is -2.15. The summed E-state index contributed by atoms with van der Waals surface area (Å²) in [6.45, 7) is 0. The molecule has 0 saturated heterocycles. The first-order valence-corrected chi connectivity index (χ1v) is 6.74. The van der Waals surface area contributed by atoms with Crippen molar-refractivity contribution in [3.05, 3.63) is 0 Å². The van der Waals surface area contributed by atoms with E-state index in [-0.39, 0.29) is 12.8 Å². The van der Waals surface area contributed by atoms with E-state index >= 15 is 0 Å². The van der Waals surface area contributed by atoms with E-state index < -0.39 is 24.1 Å². The third-order valence-corrected chi connectivity index (χ3v) is 3.06. The molecule has 0 heterocycles. The van der Waals surface area contributed by atoms with Crippen molar-refractivity contribution in [3.8, 4) is 0 Å². The summed E-state index contributed by atoms with van der Waals surface area (Å²) in [6, 6.07) is 0. The van der Waals surface area contributed by atoms with Crippen molar-refractivity contribution in [2.75, 3.05) is 0 Å². The largest absolute Gasteiger partial charge is 0.481 e. The van der Waals surface area contributed by atoms with Crippen molar-refractivity contribution in [1.29, 1.82) is 0 Å². The molecule has 6 nitrogen and oxygen atoms in total. The lowest BCUT2D eigenvalue weighted by molar-refractivity contribution is -0.142. The highest BCUT2D eigenvalue weighted by molar-refractivity contribution is 5.69. The molecule has 0 spiro atoms. The maximum Gasteiger partial charge on any atom is 0.306 e. The van der Waals surface area contributed by atoms with Crippen LogP contribution in [0.3, 0.4) is 0 Å². The van der Waals surface area contributed by atoms with Crippen molar-refractivity contribution in [2.45, 2.75) is 64.1 Å². The number of rotatable bonds is 12. The summed E-state index contributed by atoms with van der Waals surface area (Å²) in [7, 11) is 0. The average molecular weight is 276 g/mol. The van der Waals surface area contributed by atoms with Gasteiger partial charge < -0.3 is 20.4 Å². The SMILES string of the molecule is O=C(O)CCCCCCC(CCCC(O)O)C(=O)O. The van der Waals surface area contributed by atoms with Crippen LogP contribution in [0.4, 0.5) is 0 Å². The molecular formula is C13H24O6. The van der Waals surface area contributed by atoms with Gasteiger partial charge in [0.05, 0.1) is 5.92 Å². The molecule has 0 aromatic rings. The molecule has 112 valence electrons. The Morgan fingerprint density at radius 1 is 0.789 bits per heavy atom. The molecule has 1 unspecified atom stereocenters. The van der Waals surface area contributed by atoms with Gasteiger partial charge in [0.15, 0.2) is 6.29 Å². The van der Waals surface area contributed by atoms with Crippen molar-refractivity contribution in [1.82, 2.24) is 0 Å². The number of carbonyl (C=O) groups is 2. The molecule has 0 rings (SSSR count). The number of aliphatic carboxylic acids is 2. The minimum Gasteiger partial charge on any atom is -0.481 e. The van der Waals surface area contributed by atoms with Gasteiger partial charge in [0.2, 0.25) is 0 Å². The van der Waals surface area contributed by atoms with Crippen LogP contribution in [0.2, 0.25) is 0 Å². The number of aliphatic hydroxyl groups is 2. The number of hydrogen-bond acceptors (Lipinski definition) is 4. The van der Waals surface area contributed by atoms with Gasteiger partial charge in [0, 0.05) is 6.42 Å². The predicted octanol–water partition coefficient (Wildman–Crippen LogP) is 1.59. The van der Waals surface area contributed by atoms with E-state index in [0.717, 1.165) is 19.3 Å². The number of carboxylic acids is 2. The fourth-order valence-electron chi connectivity index (χ4n) is 1.96. The van der Waals surface area contributed by atoms with E-state index in [4.69, 9.17) is 20.4 Å². The molecule has 0 aliphatic rings. The Kier molecular flexibility index (Phi) is 10.1. The zero-order valence-corrected chi connectivity index (χ0v) is 11.1. The molecular weight excluding hydrogens is 252 g/mol. The minimum absolute atomic E-state index is 0.163. The second kappa shape index (κ2) is 10.8. The summed E-state index contributed by atoms with van der Waals surface area (Å²) in [5.74, 6) is -2.10. The molecule has 1 atom stereocenters. The van der Waals surface area contributed by atoms with Gasteiger partial charge in [-0.3, -0.25) is 9.59 Å². The van der Waals surface area contributed by atoms with Crippen LogP contribution >= 0.6 is 0 Å². The molecule has 0 aromatic carbocycles. The van der Waals surface area contributed by atoms with Gasteiger partial charge in [-0.1, -0.05) is 19.3 Å². The summed E-state index contributed by atoms with van der Waals surface area (Å²) in [4.78, 5) is 21.3. The first kappa shape index (κ1) is 17.9. The lowest BCUT2D eigenvalue weighted by atomic mass is 9.95. The summed E-state index contributed by atoms with van der Waals surface area (Å²) < 4.78 is 0. The smallest absolute Gasteiger partial charge is 0.306 e. The van der Waals surface area contributed by atoms with E-state index in [1.165, 1.54) is 0 Å². The van der Waals surface area contributed by atoms with E-state index in [2.05, 4.69) is 0 Å². The fraction of sp³-hybridized carbons (Fsp3) is 0.846. The van der Waals surface area contributed by atoms with Crippen LogP contribution < -0.4 is 0 Å². The first-order valence-electron chi connectivity index (χ1n) is 6.74. The van der Waals surface area contributed by atoms with E-state index in [9.17, 15) is 9.59 Å². The number of hydrogen-bond donors (Lipinski definition) is 4. The van der Waals surface area contributed by atoms with Crippen molar-refractivity contribution < 1.29 is 30.0 Å². The fourth-order valence-corrected chi connectivity index (χ4v) is 1.96. The Labute approximate surface area is 113 Å². The molecule has 0 amide bonds. The Morgan fingerprint density at radius 2 is 1.37 bits per heavy atom. The molecule has 0 bridgehead atoms. The molecule has 0 aromatic heterocycles. The zero-order chi connectivity index (χ0) is 14.7. The van der Waals surface area contributed by atoms with Crippen LogP contribution in [0.25, 0.3) is 0 Å². The molecule has 0 fully saturated rings. The molecule has 0 aliphatic carbocycles. The molecule has 4 N–H and O–H groups in total. The van der Waals surface area contributed by atoms with Gasteiger partial charge in [-0.2, -0.15) is 0 Å². The molecule has 0 saturated carbocycles. The van der Waals surface area contributed by atoms with Crippen LogP contribution in [0, 0.1) is 5.92 Å². The maximum absolute atomic E-state index is 11.0. The third-order valence-electron chi connectivity index (χ3n) is 3.06. The van der Waals surface area contributed by atoms with Crippen molar-refractivity contribution >= 4 is 11.9 Å². The van der Waals surface area contributed by atoms with Gasteiger partial charge in [-0.15, -0.1) is 0 Å². The Morgan fingerprint density at radius 3 is 1.89 bits per heavy atom. The second-order valence-corrected chi connectivity index (χ2v) is 4.79. The van der Waals surface area contributed by atoms with E-state index in [1.54, 1.807) is 0 Å². The summed E-state index contributed by atoms with van der Waals surface area (Å²) in [5, 5.41) is 34.8. The number of carboxylic acid groups (broad SMARTS) is 2. The highest BCUT2D eigenvalue weighted by Crippen LogP contribution is 2.18. The maximum atomic E-state index is 11.0. The third kappa shape index (κ3) is 11.7. The van der Waals surface area contributed by atoms with Gasteiger partial charge in [-0.25, -0.2) is 0 Å². The standard InChI is InChI=1S/C13H24O6/c14-11(15)8-4-2-1-3-6-10(13(18)19)7-5-9-12(16)17/h10,12,16-17H,1-9H2,(H,14,15)(H,18,19). The number of unbranched alkanes of at least 4 members (excludes halogenated alkanes) is 3. The van der Waals surface area contributed by atoms with Gasteiger partial charge in [-0.05, 0) is 32.1 Å². The van der Waals surface area contributed by atoms with Crippen molar-refractivity contribution in [3.63, 3.8) is 0 Å². The minimum atomic E-state index is -1.37. The molecule has 19 heavy (non-hydrogen) atoms. The Bertz CT molecular complexity index is 264. The molecule has 6 heteroatoms. The second-order valence-electron chi connectivity index (χ2n) is 4.79. The monoisotopic (exact) mass is 276 g/mol. The summed E-state index contributed by atoms with van der Waals surface area (Å²) in [5.41, 5.74) is 0. The molecule has 0 aliphatic heterocycles. The van der Waals surface area contributed by atoms with Gasteiger partial charge in [0.25, 0.3) is 0 Å². The topological polar surface area (TPSA) is 115 Å². The van der Waals surface area contributed by atoms with Crippen LogP contribution in [0.1, 0.15) is 57.8 Å². The van der Waals surface area contributed by atoms with Crippen molar-refractivity contribution in [2.24, 2.45) is 5.92 Å². The first-order chi connectivity index (χ1) is 8.93. The predicted molar refractivity (Wildman–Crippen MR) is 68.5 cm³/mol. The van der Waals surface area contributed by atoms with Gasteiger partial charge >= 0.3 is 11.9 Å². The highest BCUT2D eigenvalue weighted by atomic mass is 16.5. The Hall–Kier alpha value is -1.14. The van der Waals surface area contributed by atoms with E-state index in [0.29, 0.717) is 25.7 Å². The zero-order valence-electron chi connectivity index (χ0n) is 11.1. The summed E-state index contributed by atoms with van der Waals surface area (Å²) >= 11 is 0. The van der Waals surface area contributed by atoms with Crippen LogP contribution in [-0.4, -0.2) is 38.7 Å². The molecule has 0 radical (unpaired) electrons. The highest BCUT2D eigenvalue weighted by Gasteiger charge is 2.16.